The first-order valence-electron chi connectivity index (χ1n) is 14.1. The van der Waals surface area contributed by atoms with E-state index in [0.717, 1.165) is 58.8 Å². The van der Waals surface area contributed by atoms with Gasteiger partial charge in [-0.05, 0) is 80.6 Å². The minimum Gasteiger partial charge on any atom is -0.352 e. The number of carbonyl (C=O) groups excluding carboxylic acids is 2. The maximum atomic E-state index is 14.1. The van der Waals surface area contributed by atoms with Crippen molar-refractivity contribution >= 4 is 27.5 Å². The van der Waals surface area contributed by atoms with E-state index in [-0.39, 0.29) is 29.1 Å². The average Bonchev–Trinajstić information content (AvgIpc) is 3.46. The number of benzene rings is 3. The molecule has 1 fully saturated rings. The summed E-state index contributed by atoms with van der Waals surface area (Å²) < 4.78 is 42.6. The van der Waals surface area contributed by atoms with E-state index in [4.69, 9.17) is 0 Å². The van der Waals surface area contributed by atoms with Crippen LogP contribution in [0.4, 0.5) is 10.1 Å². The zero-order valence-corrected chi connectivity index (χ0v) is 24.7. The Kier molecular flexibility index (Phi) is 9.81. The molecule has 1 N–H and O–H groups in total. The molecule has 0 heterocycles. The standard InChI is InChI=1S/C32H38FN3O4S/c1-4-30(32(38)34-27-11-7-8-12-27)35(21-25-10-6-5-9-24(25)3)31(37)22-36(28-17-15-26(33)16-18-28)41(39,40)29-19-13-23(2)14-20-29/h5-6,9-10,13-20,27,30H,4,7-8,11-12,21-22H2,1-3H3,(H,34,38)/t30-/m1/s1. The summed E-state index contributed by atoms with van der Waals surface area (Å²) in [6.07, 6.45) is 4.27. The molecule has 0 aliphatic heterocycles. The van der Waals surface area contributed by atoms with Crippen LogP contribution in [-0.2, 0) is 26.2 Å². The zero-order chi connectivity index (χ0) is 29.6. The minimum absolute atomic E-state index is 0.0108. The van der Waals surface area contributed by atoms with Crippen molar-refractivity contribution in [3.8, 4) is 0 Å². The van der Waals surface area contributed by atoms with Crippen LogP contribution >= 0.6 is 0 Å². The smallest absolute Gasteiger partial charge is 0.264 e. The second-order valence-electron chi connectivity index (χ2n) is 10.7. The molecule has 218 valence electrons. The molecule has 3 aromatic rings. The lowest BCUT2D eigenvalue weighted by atomic mass is 10.1. The summed E-state index contributed by atoms with van der Waals surface area (Å²) in [6, 6.07) is 18.2. The van der Waals surface area contributed by atoms with Crippen molar-refractivity contribution in [3.05, 3.63) is 95.3 Å². The Bertz CT molecular complexity index is 1450. The molecule has 0 radical (unpaired) electrons. The molecule has 1 atom stereocenters. The van der Waals surface area contributed by atoms with E-state index >= 15 is 0 Å². The van der Waals surface area contributed by atoms with Crippen LogP contribution in [0, 0.1) is 19.7 Å². The van der Waals surface area contributed by atoms with E-state index in [9.17, 15) is 22.4 Å². The van der Waals surface area contributed by atoms with Crippen molar-refractivity contribution < 1.29 is 22.4 Å². The SMILES string of the molecule is CC[C@H](C(=O)NC1CCCC1)N(Cc1ccccc1C)C(=O)CN(c1ccc(F)cc1)S(=O)(=O)c1ccc(C)cc1. The predicted octanol–water partition coefficient (Wildman–Crippen LogP) is 5.50. The molecule has 0 saturated heterocycles. The molecule has 41 heavy (non-hydrogen) atoms. The number of anilines is 1. The summed E-state index contributed by atoms with van der Waals surface area (Å²) >= 11 is 0. The zero-order valence-electron chi connectivity index (χ0n) is 23.8. The van der Waals surface area contributed by atoms with Gasteiger partial charge in [-0.25, -0.2) is 12.8 Å². The second-order valence-corrected chi connectivity index (χ2v) is 12.5. The lowest BCUT2D eigenvalue weighted by Crippen LogP contribution is -2.53. The average molecular weight is 580 g/mol. The van der Waals surface area contributed by atoms with Gasteiger partial charge < -0.3 is 10.2 Å². The number of rotatable bonds is 11. The Morgan fingerprint density at radius 3 is 2.20 bits per heavy atom. The molecule has 1 aliphatic carbocycles. The first-order valence-corrected chi connectivity index (χ1v) is 15.5. The molecule has 4 rings (SSSR count). The van der Waals surface area contributed by atoms with E-state index < -0.39 is 34.3 Å². The Labute approximate surface area is 242 Å². The monoisotopic (exact) mass is 579 g/mol. The molecule has 0 bridgehead atoms. The summed E-state index contributed by atoms with van der Waals surface area (Å²) in [6.45, 7) is 5.22. The number of amides is 2. The first kappa shape index (κ1) is 30.2. The lowest BCUT2D eigenvalue weighted by molar-refractivity contribution is -0.140. The summed E-state index contributed by atoms with van der Waals surface area (Å²) in [5.41, 5.74) is 2.86. The van der Waals surface area contributed by atoms with Gasteiger partial charge in [0.05, 0.1) is 10.6 Å². The van der Waals surface area contributed by atoms with Crippen molar-refractivity contribution in [2.24, 2.45) is 0 Å². The summed E-state index contributed by atoms with van der Waals surface area (Å²) in [4.78, 5) is 29.2. The van der Waals surface area contributed by atoms with Crippen molar-refractivity contribution in [2.75, 3.05) is 10.8 Å². The van der Waals surface area contributed by atoms with E-state index in [1.165, 1.54) is 29.2 Å². The minimum atomic E-state index is -4.20. The number of carbonyl (C=O) groups is 2. The van der Waals surface area contributed by atoms with Crippen LogP contribution in [0.25, 0.3) is 0 Å². The third kappa shape index (κ3) is 7.33. The van der Waals surface area contributed by atoms with Gasteiger partial charge >= 0.3 is 0 Å². The summed E-state index contributed by atoms with van der Waals surface area (Å²) in [7, 11) is -4.20. The molecule has 1 saturated carbocycles. The lowest BCUT2D eigenvalue weighted by Gasteiger charge is -2.34. The normalized spacial score (nSPS) is 14.4. The van der Waals surface area contributed by atoms with Gasteiger partial charge in [0.1, 0.15) is 18.4 Å². The Morgan fingerprint density at radius 1 is 0.951 bits per heavy atom. The highest BCUT2D eigenvalue weighted by atomic mass is 32.2. The van der Waals surface area contributed by atoms with E-state index in [2.05, 4.69) is 5.32 Å². The Balaban J connectivity index is 1.72. The Morgan fingerprint density at radius 2 is 1.59 bits per heavy atom. The van der Waals surface area contributed by atoms with Crippen LogP contribution in [0.3, 0.4) is 0 Å². The van der Waals surface area contributed by atoms with Gasteiger partial charge in [0.2, 0.25) is 11.8 Å². The maximum Gasteiger partial charge on any atom is 0.264 e. The highest BCUT2D eigenvalue weighted by Gasteiger charge is 2.34. The van der Waals surface area contributed by atoms with Crippen LogP contribution in [0.15, 0.2) is 77.7 Å². The van der Waals surface area contributed by atoms with Gasteiger partial charge in [-0.3, -0.25) is 13.9 Å². The predicted molar refractivity (Wildman–Crippen MR) is 158 cm³/mol. The second kappa shape index (κ2) is 13.3. The van der Waals surface area contributed by atoms with Crippen molar-refractivity contribution in [2.45, 2.75) is 76.4 Å². The van der Waals surface area contributed by atoms with Crippen LogP contribution in [0.2, 0.25) is 0 Å². The molecular weight excluding hydrogens is 541 g/mol. The number of nitrogens with zero attached hydrogens (tertiary/aromatic N) is 2. The molecular formula is C32H38FN3O4S. The third-order valence-electron chi connectivity index (χ3n) is 7.69. The number of halogens is 1. The van der Waals surface area contributed by atoms with Crippen molar-refractivity contribution in [1.82, 2.24) is 10.2 Å². The van der Waals surface area contributed by atoms with Crippen LogP contribution < -0.4 is 9.62 Å². The molecule has 9 heteroatoms. The van der Waals surface area contributed by atoms with E-state index in [0.29, 0.717) is 6.42 Å². The number of sulfonamides is 1. The first-order chi connectivity index (χ1) is 19.6. The summed E-state index contributed by atoms with van der Waals surface area (Å²) in [5, 5.41) is 3.11. The highest BCUT2D eigenvalue weighted by Crippen LogP contribution is 2.26. The fourth-order valence-corrected chi connectivity index (χ4v) is 6.65. The fraction of sp³-hybridized carbons (Fsp3) is 0.375. The molecule has 1 aliphatic rings. The van der Waals surface area contributed by atoms with Gasteiger partial charge in [0.25, 0.3) is 10.0 Å². The maximum absolute atomic E-state index is 14.1. The van der Waals surface area contributed by atoms with Crippen LogP contribution in [-0.4, -0.2) is 43.8 Å². The van der Waals surface area contributed by atoms with Gasteiger partial charge in [-0.15, -0.1) is 0 Å². The molecule has 7 nitrogen and oxygen atoms in total. The quantitative estimate of drug-likeness (QED) is 0.325. The van der Waals surface area contributed by atoms with Gasteiger partial charge in [0, 0.05) is 12.6 Å². The van der Waals surface area contributed by atoms with Crippen molar-refractivity contribution in [3.63, 3.8) is 0 Å². The molecule has 0 aromatic heterocycles. The molecule has 3 aromatic carbocycles. The number of nitrogens with one attached hydrogen (secondary N) is 1. The topological polar surface area (TPSA) is 86.8 Å². The van der Waals surface area contributed by atoms with E-state index in [1.54, 1.807) is 12.1 Å². The fourth-order valence-electron chi connectivity index (χ4n) is 5.23. The number of hydrogen-bond donors (Lipinski definition) is 1. The number of aryl methyl sites for hydroxylation is 2. The number of hydrogen-bond acceptors (Lipinski definition) is 4. The van der Waals surface area contributed by atoms with Crippen molar-refractivity contribution in [1.29, 1.82) is 0 Å². The van der Waals surface area contributed by atoms with Gasteiger partial charge in [-0.2, -0.15) is 0 Å². The largest absolute Gasteiger partial charge is 0.352 e. The van der Waals surface area contributed by atoms with Gasteiger partial charge in [0.15, 0.2) is 0 Å². The third-order valence-corrected chi connectivity index (χ3v) is 9.48. The molecule has 2 amide bonds. The molecule has 0 unspecified atom stereocenters. The summed E-state index contributed by atoms with van der Waals surface area (Å²) in [5.74, 6) is -1.29. The van der Waals surface area contributed by atoms with Gasteiger partial charge in [-0.1, -0.05) is 61.7 Å². The Hall–Kier alpha value is -3.72. The highest BCUT2D eigenvalue weighted by molar-refractivity contribution is 7.92. The van der Waals surface area contributed by atoms with Crippen LogP contribution in [0.1, 0.15) is 55.7 Å². The van der Waals surface area contributed by atoms with E-state index in [1.807, 2.05) is 45.0 Å². The van der Waals surface area contributed by atoms with Crippen LogP contribution in [0.5, 0.6) is 0 Å². The molecule has 0 spiro atoms.